The second-order valence-corrected chi connectivity index (χ2v) is 6.88. The van der Waals surface area contributed by atoms with E-state index in [0.717, 1.165) is 12.1 Å². The van der Waals surface area contributed by atoms with Gasteiger partial charge in [-0.1, -0.05) is 60.7 Å². The van der Waals surface area contributed by atoms with E-state index in [1.807, 2.05) is 35.5 Å². The van der Waals surface area contributed by atoms with Gasteiger partial charge >= 0.3 is 27.0 Å². The van der Waals surface area contributed by atoms with Crippen LogP contribution >= 0.6 is 9.69 Å². The fraction of sp³-hybridized carbons (Fsp3) is 0.0370. The standard InChI is InChI=1S/C26H20N2.CH3.ClH.Ru/c1-3-11-21(12-4-1)19-22-13-7-8-16-24(22)28-20-27(23-14-5-2-6-15-23)25-17-9-10-18-26(25)28;;;/h1-14,16-18,20H,19H2;1H3;1H;/q-2;-1;;+4/p-1. The zero-order valence-corrected chi connectivity index (χ0v) is 19.7. The maximum Gasteiger partial charge on any atom is 0.0344 e. The SMILES string of the molecule is [CH3-].[Cl][Ru+3].[c-]1ccccc1N1[CH-]N(c2ccccc2Cc2ccccc2)c2ccccc21. The van der Waals surface area contributed by atoms with Crippen molar-refractivity contribution in [3.8, 4) is 0 Å². The molecule has 4 aromatic rings. The number of halogens is 1. The largest absolute Gasteiger partial charge is 0.493 e. The van der Waals surface area contributed by atoms with Crippen LogP contribution < -0.4 is 9.80 Å². The monoisotopic (exact) mass is 512 g/mol. The van der Waals surface area contributed by atoms with Gasteiger partial charge in [0, 0.05) is 17.1 Å². The van der Waals surface area contributed by atoms with E-state index in [1.165, 1.54) is 28.2 Å². The van der Waals surface area contributed by atoms with Crippen molar-refractivity contribution < 1.29 is 17.3 Å². The molecular formula is C27H23ClN2Ru. The second kappa shape index (κ2) is 11.1. The molecule has 4 aromatic carbocycles. The van der Waals surface area contributed by atoms with Gasteiger partial charge in [0.1, 0.15) is 0 Å². The van der Waals surface area contributed by atoms with E-state index in [4.69, 9.17) is 0 Å². The summed E-state index contributed by atoms with van der Waals surface area (Å²) in [5, 5.41) is 0. The predicted octanol–water partition coefficient (Wildman–Crippen LogP) is 7.62. The molecule has 0 fully saturated rings. The van der Waals surface area contributed by atoms with Crippen molar-refractivity contribution in [2.75, 3.05) is 9.80 Å². The number of para-hydroxylation sites is 4. The Hall–Kier alpha value is -2.61. The first kappa shape index (κ1) is 23.1. The van der Waals surface area contributed by atoms with Gasteiger partial charge in [-0.15, -0.1) is 12.4 Å². The van der Waals surface area contributed by atoms with E-state index < -0.39 is 0 Å². The molecule has 5 rings (SSSR count). The minimum atomic E-state index is 0. The van der Waals surface area contributed by atoms with E-state index >= 15 is 0 Å². The first-order valence-corrected chi connectivity index (χ1v) is 11.9. The Kier molecular flexibility index (Phi) is 8.29. The summed E-state index contributed by atoms with van der Waals surface area (Å²) in [4.78, 5) is 4.49. The third kappa shape index (κ3) is 5.01. The fourth-order valence-electron chi connectivity index (χ4n) is 3.74. The van der Waals surface area contributed by atoms with E-state index in [1.54, 1.807) is 0 Å². The summed E-state index contributed by atoms with van der Waals surface area (Å²) in [5.74, 6) is 0. The summed E-state index contributed by atoms with van der Waals surface area (Å²) in [6, 6.07) is 39.2. The van der Waals surface area contributed by atoms with Gasteiger partial charge in [-0.2, -0.15) is 30.3 Å². The summed E-state index contributed by atoms with van der Waals surface area (Å²) >= 11 is 1.82. The fourth-order valence-corrected chi connectivity index (χ4v) is 3.74. The van der Waals surface area contributed by atoms with Crippen molar-refractivity contribution in [3.63, 3.8) is 0 Å². The Balaban J connectivity index is 0.000000883. The maximum atomic E-state index is 4.57. The minimum absolute atomic E-state index is 0. The predicted molar refractivity (Wildman–Crippen MR) is 128 cm³/mol. The quantitative estimate of drug-likeness (QED) is 0.205. The van der Waals surface area contributed by atoms with Gasteiger partial charge in [-0.3, -0.25) is 0 Å². The molecule has 0 aromatic heterocycles. The van der Waals surface area contributed by atoms with Crippen LogP contribution in [-0.2, 0) is 23.7 Å². The molecule has 4 heteroatoms. The summed E-state index contributed by atoms with van der Waals surface area (Å²) in [7, 11) is 4.57. The molecule has 156 valence electrons. The third-order valence-corrected chi connectivity index (χ3v) is 5.07. The first-order chi connectivity index (χ1) is 14.9. The van der Waals surface area contributed by atoms with Crippen molar-refractivity contribution in [2.24, 2.45) is 0 Å². The summed E-state index contributed by atoms with van der Waals surface area (Å²) < 4.78 is 0. The molecule has 0 bridgehead atoms. The van der Waals surface area contributed by atoms with Gasteiger partial charge in [0.05, 0.1) is 0 Å². The summed E-state index contributed by atoms with van der Waals surface area (Å²) in [6.45, 7) is 2.17. The van der Waals surface area contributed by atoms with Crippen LogP contribution in [0.25, 0.3) is 0 Å². The van der Waals surface area contributed by atoms with Gasteiger partial charge in [-0.25, -0.2) is 0 Å². The van der Waals surface area contributed by atoms with Crippen LogP contribution in [0.5, 0.6) is 0 Å². The number of hydrogen-bond donors (Lipinski definition) is 0. The van der Waals surface area contributed by atoms with Crippen LogP contribution in [0.15, 0.2) is 103 Å². The van der Waals surface area contributed by atoms with Crippen molar-refractivity contribution in [2.45, 2.75) is 6.42 Å². The van der Waals surface area contributed by atoms with Gasteiger partial charge in [0.25, 0.3) is 0 Å². The molecular weight excluding hydrogens is 489 g/mol. The molecule has 0 saturated carbocycles. The molecule has 0 N–H and O–H groups in total. The van der Waals surface area contributed by atoms with E-state index in [9.17, 15) is 0 Å². The molecule has 0 radical (unpaired) electrons. The van der Waals surface area contributed by atoms with Crippen molar-refractivity contribution >= 4 is 32.4 Å². The second-order valence-electron chi connectivity index (χ2n) is 6.88. The van der Waals surface area contributed by atoms with Gasteiger partial charge < -0.3 is 17.2 Å². The zero-order chi connectivity index (χ0) is 20.8. The Morgan fingerprint density at radius 1 is 0.677 bits per heavy atom. The smallest absolute Gasteiger partial charge is 0.0344 e. The summed E-state index contributed by atoms with van der Waals surface area (Å²) in [6.07, 6.45) is 0.904. The Labute approximate surface area is 199 Å². The normalized spacial score (nSPS) is 11.8. The van der Waals surface area contributed by atoms with Gasteiger partial charge in [0.2, 0.25) is 0 Å². The molecule has 0 saturated heterocycles. The molecule has 0 unspecified atom stereocenters. The van der Waals surface area contributed by atoms with E-state index in [0.29, 0.717) is 0 Å². The molecule has 0 atom stereocenters. The molecule has 0 amide bonds. The van der Waals surface area contributed by atoms with Crippen LogP contribution in [0.1, 0.15) is 11.1 Å². The minimum Gasteiger partial charge on any atom is -0.493 e. The molecule has 31 heavy (non-hydrogen) atoms. The van der Waals surface area contributed by atoms with Crippen LogP contribution in [0.4, 0.5) is 22.7 Å². The topological polar surface area (TPSA) is 6.48 Å². The Morgan fingerprint density at radius 3 is 1.94 bits per heavy atom. The van der Waals surface area contributed by atoms with Crippen LogP contribution in [0.2, 0.25) is 0 Å². The van der Waals surface area contributed by atoms with Crippen LogP contribution in [-0.4, -0.2) is 0 Å². The molecule has 0 spiro atoms. The number of nitrogens with zero attached hydrogens (tertiary/aromatic N) is 2. The number of anilines is 4. The number of hydrogen-bond acceptors (Lipinski definition) is 2. The molecule has 1 heterocycles. The number of rotatable bonds is 4. The van der Waals surface area contributed by atoms with E-state index in [2.05, 4.69) is 117 Å². The maximum absolute atomic E-state index is 4.57. The molecule has 1 aliphatic rings. The van der Waals surface area contributed by atoms with Crippen LogP contribution in [0, 0.1) is 20.2 Å². The Morgan fingerprint density at radius 2 is 1.26 bits per heavy atom. The first-order valence-electron chi connectivity index (χ1n) is 9.64. The third-order valence-electron chi connectivity index (χ3n) is 5.07. The molecule has 2 nitrogen and oxygen atoms in total. The van der Waals surface area contributed by atoms with Crippen LogP contribution in [0.3, 0.4) is 0 Å². The van der Waals surface area contributed by atoms with E-state index in [-0.39, 0.29) is 7.43 Å². The number of benzene rings is 4. The zero-order valence-electron chi connectivity index (χ0n) is 17.2. The van der Waals surface area contributed by atoms with Crippen molar-refractivity contribution in [1.82, 2.24) is 0 Å². The van der Waals surface area contributed by atoms with Crippen molar-refractivity contribution in [1.29, 1.82) is 0 Å². The van der Waals surface area contributed by atoms with Gasteiger partial charge in [-0.05, 0) is 35.7 Å². The average Bonchev–Trinajstić information content (AvgIpc) is 3.22. The number of fused-ring (bicyclic) bond motifs is 1. The van der Waals surface area contributed by atoms with Crippen molar-refractivity contribution in [3.05, 3.63) is 134 Å². The van der Waals surface area contributed by atoms with Gasteiger partial charge in [0.15, 0.2) is 0 Å². The Bertz CT molecular complexity index is 1090. The molecule has 1 aliphatic heterocycles. The molecule has 0 aliphatic carbocycles. The summed E-state index contributed by atoms with van der Waals surface area (Å²) in [5.41, 5.74) is 7.21. The average molecular weight is 512 g/mol.